The number of nitrogens with zero attached hydrogens (tertiary/aromatic N) is 3. The Morgan fingerprint density at radius 2 is 2.04 bits per heavy atom. The number of thiophene rings is 2. The summed E-state index contributed by atoms with van der Waals surface area (Å²) in [5, 5.41) is 16.7. The van der Waals surface area contributed by atoms with E-state index in [9.17, 15) is 10.1 Å². The van der Waals surface area contributed by atoms with Gasteiger partial charge in [-0.3, -0.25) is 9.69 Å². The number of amides is 1. The molecule has 0 bridgehead atoms. The highest BCUT2D eigenvalue weighted by Gasteiger charge is 2.20. The van der Waals surface area contributed by atoms with Gasteiger partial charge in [0.2, 0.25) is 5.91 Å². The molecule has 0 radical (unpaired) electrons. The predicted molar refractivity (Wildman–Crippen MR) is 116 cm³/mol. The molecule has 0 saturated carbocycles. The van der Waals surface area contributed by atoms with E-state index >= 15 is 0 Å². The van der Waals surface area contributed by atoms with Gasteiger partial charge >= 0.3 is 0 Å². The molecule has 0 fully saturated rings. The number of likely N-dealkylation sites (N-methyl/N-ethyl adjacent to an activating group) is 1. The molecular formula is C21H24N4OS2. The summed E-state index contributed by atoms with van der Waals surface area (Å²) in [5.41, 5.74) is 3.71. The number of rotatable bonds is 7. The number of carbonyl (C=O) groups excluding carboxylic acids is 1. The van der Waals surface area contributed by atoms with Crippen LogP contribution in [0.4, 0.5) is 5.82 Å². The standard InChI is InChI=1S/C21H24N4OS2/c1-14-7-9-28-19(14)12-24(4)13-20(26)23-21-18(10-22)15(2)16(3)25(21)11-17-6-5-8-27-17/h5-9H,11-13H2,1-4H3,(H,23,26). The molecule has 5 nitrogen and oxygen atoms in total. The topological polar surface area (TPSA) is 61.1 Å². The van der Waals surface area contributed by atoms with Gasteiger partial charge < -0.3 is 9.88 Å². The number of aromatic nitrogens is 1. The Labute approximate surface area is 173 Å². The Bertz CT molecular complexity index is 1010. The Morgan fingerprint density at radius 1 is 1.25 bits per heavy atom. The second-order valence-electron chi connectivity index (χ2n) is 6.96. The van der Waals surface area contributed by atoms with E-state index in [1.807, 2.05) is 41.8 Å². The summed E-state index contributed by atoms with van der Waals surface area (Å²) in [4.78, 5) is 17.2. The smallest absolute Gasteiger partial charge is 0.239 e. The molecule has 0 saturated heterocycles. The van der Waals surface area contributed by atoms with Crippen LogP contribution in [0.15, 0.2) is 29.0 Å². The minimum Gasteiger partial charge on any atom is -0.325 e. The fourth-order valence-corrected chi connectivity index (χ4v) is 4.85. The van der Waals surface area contributed by atoms with Crippen LogP contribution in [-0.2, 0) is 17.9 Å². The minimum absolute atomic E-state index is 0.113. The third-order valence-corrected chi connectivity index (χ3v) is 6.76. The van der Waals surface area contributed by atoms with Gasteiger partial charge in [0.05, 0.1) is 18.7 Å². The molecule has 0 spiro atoms. The Kier molecular flexibility index (Phi) is 6.35. The molecule has 3 rings (SSSR count). The van der Waals surface area contributed by atoms with Gasteiger partial charge in [0.25, 0.3) is 0 Å². The van der Waals surface area contributed by atoms with Crippen molar-refractivity contribution < 1.29 is 4.79 Å². The van der Waals surface area contributed by atoms with Crippen molar-refractivity contribution in [3.8, 4) is 6.07 Å². The lowest BCUT2D eigenvalue weighted by molar-refractivity contribution is -0.117. The number of aryl methyl sites for hydroxylation is 1. The Balaban J connectivity index is 1.77. The van der Waals surface area contributed by atoms with Crippen molar-refractivity contribution >= 4 is 34.4 Å². The highest BCUT2D eigenvalue weighted by molar-refractivity contribution is 7.10. The molecular weight excluding hydrogens is 388 g/mol. The average Bonchev–Trinajstić information content (AvgIpc) is 3.34. The molecule has 0 aliphatic heterocycles. The van der Waals surface area contributed by atoms with E-state index < -0.39 is 0 Å². The first-order valence-corrected chi connectivity index (χ1v) is 10.8. The summed E-state index contributed by atoms with van der Waals surface area (Å²) in [6, 6.07) is 8.43. The summed E-state index contributed by atoms with van der Waals surface area (Å²) in [6.07, 6.45) is 0. The maximum atomic E-state index is 12.7. The highest BCUT2D eigenvalue weighted by atomic mass is 32.1. The number of hydrogen-bond donors (Lipinski definition) is 1. The van der Waals surface area contributed by atoms with Crippen LogP contribution in [0.25, 0.3) is 0 Å². The first-order valence-electron chi connectivity index (χ1n) is 9.04. The van der Waals surface area contributed by atoms with Crippen LogP contribution < -0.4 is 5.32 Å². The molecule has 3 aromatic rings. The van der Waals surface area contributed by atoms with Crippen molar-refractivity contribution in [3.63, 3.8) is 0 Å². The van der Waals surface area contributed by atoms with Gasteiger partial charge in [0.15, 0.2) is 0 Å². The van der Waals surface area contributed by atoms with E-state index in [0.29, 0.717) is 17.9 Å². The van der Waals surface area contributed by atoms with Crippen molar-refractivity contribution in [2.75, 3.05) is 18.9 Å². The van der Waals surface area contributed by atoms with Gasteiger partial charge in [-0.25, -0.2) is 0 Å². The van der Waals surface area contributed by atoms with Gasteiger partial charge in [-0.05, 0) is 61.8 Å². The van der Waals surface area contributed by atoms with Gasteiger partial charge in [-0.2, -0.15) is 5.26 Å². The Hall–Kier alpha value is -2.40. The molecule has 7 heteroatoms. The van der Waals surface area contributed by atoms with Crippen LogP contribution >= 0.6 is 22.7 Å². The van der Waals surface area contributed by atoms with Crippen LogP contribution in [0.1, 0.15) is 32.1 Å². The quantitative estimate of drug-likeness (QED) is 0.620. The molecule has 3 heterocycles. The zero-order chi connectivity index (χ0) is 20.3. The third-order valence-electron chi connectivity index (χ3n) is 4.89. The van der Waals surface area contributed by atoms with Crippen molar-refractivity contribution in [1.82, 2.24) is 9.47 Å². The maximum Gasteiger partial charge on any atom is 0.239 e. The third kappa shape index (κ3) is 4.36. The fraction of sp³-hybridized carbons (Fsp3) is 0.333. The van der Waals surface area contributed by atoms with Crippen molar-refractivity contribution in [3.05, 3.63) is 61.1 Å². The van der Waals surface area contributed by atoms with E-state index in [0.717, 1.165) is 17.8 Å². The van der Waals surface area contributed by atoms with Crippen LogP contribution in [0.5, 0.6) is 0 Å². The zero-order valence-electron chi connectivity index (χ0n) is 16.6. The summed E-state index contributed by atoms with van der Waals surface area (Å²) in [7, 11) is 1.94. The lowest BCUT2D eigenvalue weighted by Crippen LogP contribution is -2.30. The van der Waals surface area contributed by atoms with E-state index in [1.165, 1.54) is 15.3 Å². The summed E-state index contributed by atoms with van der Waals surface area (Å²) < 4.78 is 2.03. The van der Waals surface area contributed by atoms with Gasteiger partial charge in [-0.1, -0.05) is 6.07 Å². The van der Waals surface area contributed by atoms with E-state index in [-0.39, 0.29) is 12.5 Å². The average molecular weight is 413 g/mol. The highest BCUT2D eigenvalue weighted by Crippen LogP contribution is 2.28. The normalized spacial score (nSPS) is 11.0. The predicted octanol–water partition coefficient (Wildman–Crippen LogP) is 4.53. The lowest BCUT2D eigenvalue weighted by Gasteiger charge is -2.17. The molecule has 0 atom stereocenters. The molecule has 0 aliphatic carbocycles. The summed E-state index contributed by atoms with van der Waals surface area (Å²) in [6.45, 7) is 7.65. The summed E-state index contributed by atoms with van der Waals surface area (Å²) >= 11 is 3.37. The number of nitriles is 1. The van der Waals surface area contributed by atoms with Crippen molar-refractivity contribution in [1.29, 1.82) is 5.26 Å². The molecule has 0 unspecified atom stereocenters. The molecule has 1 N–H and O–H groups in total. The number of nitrogens with one attached hydrogen (secondary N) is 1. The van der Waals surface area contributed by atoms with Gasteiger partial charge in [0.1, 0.15) is 11.9 Å². The molecule has 146 valence electrons. The molecule has 28 heavy (non-hydrogen) atoms. The van der Waals surface area contributed by atoms with Crippen LogP contribution in [0.3, 0.4) is 0 Å². The number of anilines is 1. The summed E-state index contributed by atoms with van der Waals surface area (Å²) in [5.74, 6) is 0.481. The van der Waals surface area contributed by atoms with E-state index in [1.54, 1.807) is 22.7 Å². The van der Waals surface area contributed by atoms with Crippen molar-refractivity contribution in [2.24, 2.45) is 0 Å². The zero-order valence-corrected chi connectivity index (χ0v) is 18.2. The van der Waals surface area contributed by atoms with Crippen LogP contribution in [0, 0.1) is 32.1 Å². The SMILES string of the molecule is Cc1ccsc1CN(C)CC(=O)Nc1c(C#N)c(C)c(C)n1Cc1cccs1. The molecule has 3 aromatic heterocycles. The Morgan fingerprint density at radius 3 is 2.64 bits per heavy atom. The molecule has 0 aromatic carbocycles. The second kappa shape index (κ2) is 8.74. The number of hydrogen-bond acceptors (Lipinski definition) is 5. The van der Waals surface area contributed by atoms with Crippen molar-refractivity contribution in [2.45, 2.75) is 33.9 Å². The lowest BCUT2D eigenvalue weighted by atomic mass is 10.2. The van der Waals surface area contributed by atoms with Crippen LogP contribution in [-0.4, -0.2) is 29.0 Å². The van der Waals surface area contributed by atoms with Crippen LogP contribution in [0.2, 0.25) is 0 Å². The van der Waals surface area contributed by atoms with E-state index in [4.69, 9.17) is 0 Å². The largest absolute Gasteiger partial charge is 0.325 e. The van der Waals surface area contributed by atoms with Gasteiger partial charge in [-0.15, -0.1) is 22.7 Å². The minimum atomic E-state index is -0.113. The number of carbonyl (C=O) groups is 1. The molecule has 0 aliphatic rings. The first kappa shape index (κ1) is 20.3. The van der Waals surface area contributed by atoms with E-state index in [2.05, 4.69) is 35.8 Å². The van der Waals surface area contributed by atoms with Gasteiger partial charge in [0, 0.05) is 22.0 Å². The molecule has 1 amide bonds. The maximum absolute atomic E-state index is 12.7. The first-order chi connectivity index (χ1) is 13.4. The monoisotopic (exact) mass is 412 g/mol. The fourth-order valence-electron chi connectivity index (χ4n) is 3.17. The second-order valence-corrected chi connectivity index (χ2v) is 8.99.